The van der Waals surface area contributed by atoms with Crippen molar-refractivity contribution >= 4 is 34.5 Å². The second kappa shape index (κ2) is 9.46. The van der Waals surface area contributed by atoms with Crippen molar-refractivity contribution in [3.05, 3.63) is 63.8 Å². The van der Waals surface area contributed by atoms with E-state index in [1.165, 1.54) is 13.0 Å². The topological polar surface area (TPSA) is 167 Å². The zero-order valence-corrected chi connectivity index (χ0v) is 19.9. The molecule has 1 saturated heterocycles. The smallest absolute Gasteiger partial charge is 0.408 e. The molecule has 4 heterocycles. The summed E-state index contributed by atoms with van der Waals surface area (Å²) in [5.41, 5.74) is 0.805. The molecular weight excluding hydrogens is 487 g/mol. The van der Waals surface area contributed by atoms with Gasteiger partial charge in [0, 0.05) is 25.7 Å². The van der Waals surface area contributed by atoms with Crippen LogP contribution in [0, 0.1) is 5.82 Å². The first-order chi connectivity index (χ1) is 17.7. The fraction of sp³-hybridized carbons (Fsp3) is 0.304. The lowest BCUT2D eigenvalue weighted by atomic mass is 10.1. The highest BCUT2D eigenvalue weighted by molar-refractivity contribution is 6.00. The van der Waals surface area contributed by atoms with Gasteiger partial charge < -0.3 is 25.3 Å². The van der Waals surface area contributed by atoms with Gasteiger partial charge in [-0.2, -0.15) is 5.10 Å². The first-order valence-corrected chi connectivity index (χ1v) is 11.4. The van der Waals surface area contributed by atoms with Crippen LogP contribution >= 0.6 is 0 Å². The zero-order chi connectivity index (χ0) is 26.3. The summed E-state index contributed by atoms with van der Waals surface area (Å²) in [6.07, 6.45) is 0.880. The maximum Gasteiger partial charge on any atom is 0.417 e. The Morgan fingerprint density at radius 3 is 2.78 bits per heavy atom. The number of nitrogens with one attached hydrogen (secondary N) is 4. The third-order valence-electron chi connectivity index (χ3n) is 5.98. The van der Waals surface area contributed by atoms with E-state index in [1.807, 2.05) is 11.9 Å². The molecule has 4 N–H and O–H groups in total. The molecule has 3 amide bonds. The summed E-state index contributed by atoms with van der Waals surface area (Å²) in [6.45, 7) is 3.02. The Hall–Kier alpha value is -4.59. The fourth-order valence-corrected chi connectivity index (χ4v) is 4.05. The number of amides is 3. The van der Waals surface area contributed by atoms with E-state index in [9.17, 15) is 23.6 Å². The summed E-state index contributed by atoms with van der Waals surface area (Å²) in [6, 6.07) is 5.19. The molecule has 192 valence electrons. The normalized spacial score (nSPS) is 14.9. The minimum atomic E-state index is -0.886. The number of hydrogen-bond donors (Lipinski definition) is 4. The number of carbonyl (C=O) groups excluding carboxylic acids is 3. The summed E-state index contributed by atoms with van der Waals surface area (Å²) in [7, 11) is 1.93. The molecule has 0 radical (unpaired) electrons. The van der Waals surface area contributed by atoms with Gasteiger partial charge in [-0.05, 0) is 31.7 Å². The number of aromatic amines is 1. The quantitative estimate of drug-likeness (QED) is 0.265. The molecule has 37 heavy (non-hydrogen) atoms. The fourth-order valence-electron chi connectivity index (χ4n) is 4.05. The third-order valence-corrected chi connectivity index (χ3v) is 5.98. The molecule has 13 nitrogen and oxygen atoms in total. The number of fused-ring (bicyclic) bond motifs is 2. The van der Waals surface area contributed by atoms with Crippen molar-refractivity contribution in [2.75, 3.05) is 20.1 Å². The Morgan fingerprint density at radius 1 is 1.24 bits per heavy atom. The number of H-pyrrole nitrogens is 1. The van der Waals surface area contributed by atoms with Crippen LogP contribution in [-0.2, 0) is 11.3 Å². The lowest BCUT2D eigenvalue weighted by Gasteiger charge is -2.37. The molecule has 0 aliphatic carbocycles. The summed E-state index contributed by atoms with van der Waals surface area (Å²) in [4.78, 5) is 58.2. The summed E-state index contributed by atoms with van der Waals surface area (Å²) >= 11 is 0. The van der Waals surface area contributed by atoms with Gasteiger partial charge in [-0.3, -0.25) is 19.4 Å². The molecule has 0 spiro atoms. The molecule has 14 heteroatoms. The van der Waals surface area contributed by atoms with E-state index in [0.717, 1.165) is 23.8 Å². The predicted octanol–water partition coefficient (Wildman–Crippen LogP) is -0.219. The van der Waals surface area contributed by atoms with Crippen LogP contribution in [0.4, 0.5) is 4.39 Å². The van der Waals surface area contributed by atoms with Gasteiger partial charge in [-0.1, -0.05) is 6.07 Å². The number of aromatic nitrogens is 4. The van der Waals surface area contributed by atoms with Crippen molar-refractivity contribution in [2.24, 2.45) is 0 Å². The summed E-state index contributed by atoms with van der Waals surface area (Å²) < 4.78 is 20.3. The van der Waals surface area contributed by atoms with E-state index in [4.69, 9.17) is 4.42 Å². The predicted molar refractivity (Wildman–Crippen MR) is 127 cm³/mol. The van der Waals surface area contributed by atoms with E-state index >= 15 is 0 Å². The van der Waals surface area contributed by atoms with Crippen molar-refractivity contribution in [1.82, 2.24) is 40.4 Å². The largest absolute Gasteiger partial charge is 0.417 e. The van der Waals surface area contributed by atoms with Crippen molar-refractivity contribution in [3.63, 3.8) is 0 Å². The molecule has 5 rings (SSSR count). The monoisotopic (exact) mass is 510 g/mol. The number of benzene rings is 1. The van der Waals surface area contributed by atoms with E-state index in [1.54, 1.807) is 18.2 Å². The number of oxazole rings is 1. The Bertz CT molecular complexity index is 1590. The Balaban J connectivity index is 1.32. The average molecular weight is 510 g/mol. The SMILES string of the molecule is C[C@H](NC(=O)c1cc(C(=O)NCc2ccc3oc(=O)[nH]c3c2)nc2c(F)cnn12)C(=O)NC1CN(C)C1. The number of nitrogens with zero attached hydrogens (tertiary/aromatic N) is 4. The highest BCUT2D eigenvalue weighted by Crippen LogP contribution is 2.14. The molecular formula is C23H23FN8O5. The maximum absolute atomic E-state index is 14.3. The van der Waals surface area contributed by atoms with Crippen molar-refractivity contribution in [3.8, 4) is 0 Å². The van der Waals surface area contributed by atoms with Gasteiger partial charge in [0.2, 0.25) is 5.91 Å². The van der Waals surface area contributed by atoms with Crippen LogP contribution in [0.5, 0.6) is 0 Å². The van der Waals surface area contributed by atoms with Gasteiger partial charge >= 0.3 is 5.76 Å². The molecule has 1 aliphatic heterocycles. The first kappa shape index (κ1) is 24.1. The van der Waals surface area contributed by atoms with Gasteiger partial charge in [-0.25, -0.2) is 18.7 Å². The summed E-state index contributed by atoms with van der Waals surface area (Å²) in [5.74, 6) is -3.18. The molecule has 1 aliphatic rings. The lowest BCUT2D eigenvalue weighted by Crippen LogP contribution is -2.60. The lowest BCUT2D eigenvalue weighted by molar-refractivity contribution is -0.124. The van der Waals surface area contributed by atoms with Gasteiger partial charge in [0.25, 0.3) is 11.8 Å². The van der Waals surface area contributed by atoms with E-state index in [2.05, 4.69) is 31.0 Å². The van der Waals surface area contributed by atoms with Gasteiger partial charge in [0.1, 0.15) is 17.4 Å². The van der Waals surface area contributed by atoms with Crippen molar-refractivity contribution in [2.45, 2.75) is 25.6 Å². The first-order valence-electron chi connectivity index (χ1n) is 11.4. The van der Waals surface area contributed by atoms with Crippen LogP contribution < -0.4 is 21.7 Å². The standard InChI is InChI=1S/C23H23FN8O5/c1-11(20(33)28-13-9-31(2)10-13)27-22(35)17-6-16(29-19-14(24)8-26-32(17)19)21(34)25-7-12-3-4-18-15(5-12)30-23(36)37-18/h3-6,8,11,13H,7,9-10H2,1-2H3,(H,25,34)(H,27,35)(H,28,33)(H,30,36)/t11-/m0/s1. The van der Waals surface area contributed by atoms with Crippen LogP contribution in [0.3, 0.4) is 0 Å². The van der Waals surface area contributed by atoms with E-state index in [0.29, 0.717) is 16.7 Å². The Morgan fingerprint density at radius 2 is 2.03 bits per heavy atom. The van der Waals surface area contributed by atoms with Crippen LogP contribution in [0.1, 0.15) is 33.5 Å². The number of halogens is 1. The molecule has 1 fully saturated rings. The van der Waals surface area contributed by atoms with Crippen molar-refractivity contribution < 1.29 is 23.2 Å². The second-order valence-corrected chi connectivity index (χ2v) is 8.90. The number of likely N-dealkylation sites (tertiary alicyclic amines) is 1. The molecule has 1 aromatic carbocycles. The second-order valence-electron chi connectivity index (χ2n) is 8.90. The van der Waals surface area contributed by atoms with Crippen LogP contribution in [0.15, 0.2) is 39.7 Å². The number of rotatable bonds is 7. The van der Waals surface area contributed by atoms with Crippen molar-refractivity contribution in [1.29, 1.82) is 0 Å². The van der Waals surface area contributed by atoms with Gasteiger partial charge in [-0.15, -0.1) is 0 Å². The highest BCUT2D eigenvalue weighted by Gasteiger charge is 2.28. The van der Waals surface area contributed by atoms with Crippen LogP contribution in [-0.4, -0.2) is 74.4 Å². The molecule has 0 bridgehead atoms. The zero-order valence-electron chi connectivity index (χ0n) is 19.9. The van der Waals surface area contributed by atoms with Gasteiger partial charge in [0.05, 0.1) is 17.8 Å². The molecule has 4 aromatic rings. The molecule has 0 unspecified atom stereocenters. The van der Waals surface area contributed by atoms with Crippen LogP contribution in [0.25, 0.3) is 16.7 Å². The van der Waals surface area contributed by atoms with E-state index in [-0.39, 0.29) is 35.5 Å². The Labute approximate surface area is 208 Å². The van der Waals surface area contributed by atoms with E-state index < -0.39 is 29.4 Å². The highest BCUT2D eigenvalue weighted by atomic mass is 19.1. The maximum atomic E-state index is 14.3. The molecule has 1 atom stereocenters. The minimum Gasteiger partial charge on any atom is -0.408 e. The molecule has 0 saturated carbocycles. The molecule has 3 aromatic heterocycles. The number of likely N-dealkylation sites (N-methyl/N-ethyl adjacent to an activating group) is 1. The summed E-state index contributed by atoms with van der Waals surface area (Å²) in [5, 5.41) is 11.9. The third kappa shape index (κ3) is 4.91. The Kier molecular flexibility index (Phi) is 6.17. The minimum absolute atomic E-state index is 0.00876. The average Bonchev–Trinajstić information content (AvgIpc) is 3.41. The van der Waals surface area contributed by atoms with Crippen LogP contribution in [0.2, 0.25) is 0 Å². The number of carbonyl (C=O) groups is 3. The van der Waals surface area contributed by atoms with Gasteiger partial charge in [0.15, 0.2) is 17.0 Å². The number of hydrogen-bond acceptors (Lipinski definition) is 8.